The van der Waals surface area contributed by atoms with E-state index in [1.54, 1.807) is 12.0 Å². The maximum Gasteiger partial charge on any atom is 0.308 e. The van der Waals surface area contributed by atoms with Crippen molar-refractivity contribution in [3.63, 3.8) is 0 Å². The van der Waals surface area contributed by atoms with E-state index in [2.05, 4.69) is 0 Å². The lowest BCUT2D eigenvalue weighted by Gasteiger charge is -2.25. The van der Waals surface area contributed by atoms with E-state index in [4.69, 9.17) is 9.84 Å². The third kappa shape index (κ3) is 2.70. The fraction of sp³-hybridized carbons (Fsp3) is 0.429. The SMILES string of the molecule is COc1ccc(C(C)N2CC(C(=O)O)CC2=O)cc1. The summed E-state index contributed by atoms with van der Waals surface area (Å²) in [5.41, 5.74) is 0.972. The number of amides is 1. The molecule has 1 aromatic carbocycles. The summed E-state index contributed by atoms with van der Waals surface area (Å²) >= 11 is 0. The van der Waals surface area contributed by atoms with Gasteiger partial charge in [-0.3, -0.25) is 9.59 Å². The second kappa shape index (κ2) is 5.30. The molecule has 1 aliphatic heterocycles. The molecule has 1 fully saturated rings. The zero-order chi connectivity index (χ0) is 14.0. The van der Waals surface area contributed by atoms with Crippen molar-refractivity contribution in [2.45, 2.75) is 19.4 Å². The number of carbonyl (C=O) groups excluding carboxylic acids is 1. The van der Waals surface area contributed by atoms with Crippen molar-refractivity contribution in [1.29, 1.82) is 0 Å². The Kier molecular flexibility index (Phi) is 3.74. The molecular weight excluding hydrogens is 246 g/mol. The van der Waals surface area contributed by atoms with Gasteiger partial charge in [0.15, 0.2) is 0 Å². The van der Waals surface area contributed by atoms with Crippen LogP contribution in [-0.2, 0) is 9.59 Å². The van der Waals surface area contributed by atoms with E-state index in [9.17, 15) is 9.59 Å². The Balaban J connectivity index is 2.12. The summed E-state index contributed by atoms with van der Waals surface area (Å²) in [6.07, 6.45) is 0.0931. The van der Waals surface area contributed by atoms with E-state index in [1.165, 1.54) is 0 Å². The Bertz CT molecular complexity index is 483. The molecule has 1 aliphatic rings. The molecular formula is C14H17NO4. The molecule has 2 atom stereocenters. The van der Waals surface area contributed by atoms with E-state index >= 15 is 0 Å². The summed E-state index contributed by atoms with van der Waals surface area (Å²) in [5.74, 6) is -0.839. The molecule has 19 heavy (non-hydrogen) atoms. The highest BCUT2D eigenvalue weighted by Crippen LogP contribution is 2.29. The lowest BCUT2D eigenvalue weighted by molar-refractivity contribution is -0.141. The number of aliphatic carboxylic acids is 1. The number of benzene rings is 1. The monoisotopic (exact) mass is 263 g/mol. The number of methoxy groups -OCH3 is 1. The number of nitrogens with zero attached hydrogens (tertiary/aromatic N) is 1. The molecule has 0 saturated carbocycles. The molecule has 1 aromatic rings. The van der Waals surface area contributed by atoms with Gasteiger partial charge in [0.2, 0.25) is 5.91 Å². The highest BCUT2D eigenvalue weighted by Gasteiger charge is 2.36. The van der Waals surface area contributed by atoms with Crippen LogP contribution >= 0.6 is 0 Å². The van der Waals surface area contributed by atoms with Crippen LogP contribution in [-0.4, -0.2) is 35.5 Å². The summed E-state index contributed by atoms with van der Waals surface area (Å²) in [6.45, 7) is 2.19. The fourth-order valence-corrected chi connectivity index (χ4v) is 2.33. The molecule has 2 rings (SSSR count). The van der Waals surface area contributed by atoms with Crippen LogP contribution in [0.3, 0.4) is 0 Å². The molecule has 102 valence electrons. The minimum absolute atomic E-state index is 0.0931. The number of hydrogen-bond acceptors (Lipinski definition) is 3. The lowest BCUT2D eigenvalue weighted by Crippen LogP contribution is -2.29. The number of likely N-dealkylation sites (tertiary alicyclic amines) is 1. The fourth-order valence-electron chi connectivity index (χ4n) is 2.33. The van der Waals surface area contributed by atoms with Crippen molar-refractivity contribution >= 4 is 11.9 Å². The molecule has 1 heterocycles. The van der Waals surface area contributed by atoms with Gasteiger partial charge in [-0.2, -0.15) is 0 Å². The van der Waals surface area contributed by atoms with Crippen molar-refractivity contribution in [3.8, 4) is 5.75 Å². The van der Waals surface area contributed by atoms with Crippen LogP contribution in [0.25, 0.3) is 0 Å². The summed E-state index contributed by atoms with van der Waals surface area (Å²) in [4.78, 5) is 24.4. The van der Waals surface area contributed by atoms with Gasteiger partial charge in [-0.05, 0) is 24.6 Å². The zero-order valence-corrected chi connectivity index (χ0v) is 11.0. The predicted molar refractivity (Wildman–Crippen MR) is 68.9 cm³/mol. The topological polar surface area (TPSA) is 66.8 Å². The van der Waals surface area contributed by atoms with E-state index in [0.717, 1.165) is 11.3 Å². The summed E-state index contributed by atoms with van der Waals surface area (Å²) < 4.78 is 5.09. The highest BCUT2D eigenvalue weighted by atomic mass is 16.5. The number of carboxylic acids is 1. The van der Waals surface area contributed by atoms with Gasteiger partial charge in [-0.1, -0.05) is 12.1 Å². The van der Waals surface area contributed by atoms with Crippen molar-refractivity contribution in [2.75, 3.05) is 13.7 Å². The number of carboxylic acid groups (broad SMARTS) is 1. The first-order valence-electron chi connectivity index (χ1n) is 6.19. The van der Waals surface area contributed by atoms with Crippen molar-refractivity contribution in [3.05, 3.63) is 29.8 Å². The largest absolute Gasteiger partial charge is 0.497 e. The molecule has 0 aromatic heterocycles. The minimum Gasteiger partial charge on any atom is -0.497 e. The zero-order valence-electron chi connectivity index (χ0n) is 11.0. The smallest absolute Gasteiger partial charge is 0.308 e. The molecule has 1 saturated heterocycles. The van der Waals surface area contributed by atoms with Gasteiger partial charge in [0.25, 0.3) is 0 Å². The molecule has 0 aliphatic carbocycles. The maximum absolute atomic E-state index is 11.9. The van der Waals surface area contributed by atoms with E-state index in [0.29, 0.717) is 0 Å². The highest BCUT2D eigenvalue weighted by molar-refractivity contribution is 5.86. The predicted octanol–water partition coefficient (Wildman–Crippen LogP) is 1.69. The summed E-state index contributed by atoms with van der Waals surface area (Å²) in [5, 5.41) is 8.97. The summed E-state index contributed by atoms with van der Waals surface area (Å²) in [7, 11) is 1.60. The van der Waals surface area contributed by atoms with Crippen LogP contribution in [0.15, 0.2) is 24.3 Å². The normalized spacial score (nSPS) is 20.4. The molecule has 5 heteroatoms. The average molecular weight is 263 g/mol. The molecule has 1 amide bonds. The van der Waals surface area contributed by atoms with E-state index in [-0.39, 0.29) is 24.9 Å². The first-order valence-corrected chi connectivity index (χ1v) is 6.19. The van der Waals surface area contributed by atoms with Crippen LogP contribution in [0.2, 0.25) is 0 Å². The Hall–Kier alpha value is -2.04. The molecule has 1 N–H and O–H groups in total. The minimum atomic E-state index is -0.905. The Morgan fingerprint density at radius 3 is 2.53 bits per heavy atom. The van der Waals surface area contributed by atoms with Crippen LogP contribution in [0.5, 0.6) is 5.75 Å². The Labute approximate surface area is 111 Å². The third-order valence-electron chi connectivity index (χ3n) is 3.57. The van der Waals surface area contributed by atoms with Gasteiger partial charge in [-0.15, -0.1) is 0 Å². The van der Waals surface area contributed by atoms with Crippen molar-refractivity contribution < 1.29 is 19.4 Å². The van der Waals surface area contributed by atoms with Crippen LogP contribution in [0, 0.1) is 5.92 Å². The van der Waals surface area contributed by atoms with Gasteiger partial charge in [0, 0.05) is 13.0 Å². The molecule has 0 radical (unpaired) electrons. The van der Waals surface area contributed by atoms with Gasteiger partial charge < -0.3 is 14.7 Å². The quantitative estimate of drug-likeness (QED) is 0.897. The van der Waals surface area contributed by atoms with Gasteiger partial charge in [0.05, 0.1) is 19.1 Å². The Morgan fingerprint density at radius 1 is 1.42 bits per heavy atom. The number of carbonyl (C=O) groups is 2. The lowest BCUT2D eigenvalue weighted by atomic mass is 10.1. The maximum atomic E-state index is 11.9. The number of ether oxygens (including phenoxy) is 1. The number of rotatable bonds is 4. The second-order valence-corrected chi connectivity index (χ2v) is 4.73. The molecule has 5 nitrogen and oxygen atoms in total. The average Bonchev–Trinajstić information content (AvgIpc) is 2.80. The first-order chi connectivity index (χ1) is 9.02. The standard InChI is InChI=1S/C14H17NO4/c1-9(10-3-5-12(19-2)6-4-10)15-8-11(14(17)18)7-13(15)16/h3-6,9,11H,7-8H2,1-2H3,(H,17,18). The first kappa shape index (κ1) is 13.4. The van der Waals surface area contributed by atoms with Crippen LogP contribution < -0.4 is 4.74 Å². The van der Waals surface area contributed by atoms with Gasteiger partial charge in [0.1, 0.15) is 5.75 Å². The van der Waals surface area contributed by atoms with E-state index < -0.39 is 11.9 Å². The van der Waals surface area contributed by atoms with Gasteiger partial charge >= 0.3 is 5.97 Å². The summed E-state index contributed by atoms with van der Waals surface area (Å²) in [6, 6.07) is 7.33. The molecule has 0 bridgehead atoms. The molecule has 0 spiro atoms. The van der Waals surface area contributed by atoms with Gasteiger partial charge in [-0.25, -0.2) is 0 Å². The number of hydrogen-bond donors (Lipinski definition) is 1. The van der Waals surface area contributed by atoms with Crippen molar-refractivity contribution in [1.82, 2.24) is 4.90 Å². The third-order valence-corrected chi connectivity index (χ3v) is 3.57. The van der Waals surface area contributed by atoms with Crippen LogP contribution in [0.4, 0.5) is 0 Å². The second-order valence-electron chi connectivity index (χ2n) is 4.73. The van der Waals surface area contributed by atoms with E-state index in [1.807, 2.05) is 31.2 Å². The molecule has 2 unspecified atom stereocenters. The van der Waals surface area contributed by atoms with Crippen LogP contribution in [0.1, 0.15) is 24.9 Å². The van der Waals surface area contributed by atoms with Crippen molar-refractivity contribution in [2.24, 2.45) is 5.92 Å². The Morgan fingerprint density at radius 2 is 2.05 bits per heavy atom.